The van der Waals surface area contributed by atoms with Crippen molar-refractivity contribution in [3.05, 3.63) is 77.2 Å². The van der Waals surface area contributed by atoms with Gasteiger partial charge in [0.25, 0.3) is 5.91 Å². The summed E-state index contributed by atoms with van der Waals surface area (Å²) in [6, 6.07) is 16.0. The van der Waals surface area contributed by atoms with Gasteiger partial charge in [-0.2, -0.15) is 5.10 Å². The van der Waals surface area contributed by atoms with E-state index in [9.17, 15) is 4.79 Å². The van der Waals surface area contributed by atoms with Gasteiger partial charge in [0, 0.05) is 24.3 Å². The third-order valence-corrected chi connectivity index (χ3v) is 5.54. The molecule has 5 rings (SSSR count). The number of anilines is 2. The molecular formula is C24H24N6O. The number of fused-ring (bicyclic) bond motifs is 2. The lowest BCUT2D eigenvalue weighted by atomic mass is 9.96. The van der Waals surface area contributed by atoms with Crippen molar-refractivity contribution in [2.24, 2.45) is 0 Å². The maximum absolute atomic E-state index is 12.7. The third kappa shape index (κ3) is 3.43. The number of aromatic nitrogens is 3. The van der Waals surface area contributed by atoms with Gasteiger partial charge < -0.3 is 15.5 Å². The molecule has 0 atom stereocenters. The van der Waals surface area contributed by atoms with Crippen molar-refractivity contribution in [2.75, 3.05) is 19.4 Å². The molecule has 0 spiro atoms. The highest BCUT2D eigenvalue weighted by molar-refractivity contribution is 6.06. The molecule has 0 saturated carbocycles. The van der Waals surface area contributed by atoms with E-state index in [1.807, 2.05) is 68.1 Å². The first-order valence-electron chi connectivity index (χ1n) is 10.3. The summed E-state index contributed by atoms with van der Waals surface area (Å²) in [5.41, 5.74) is 7.52. The molecule has 31 heavy (non-hydrogen) atoms. The van der Waals surface area contributed by atoms with E-state index < -0.39 is 0 Å². The van der Waals surface area contributed by atoms with Gasteiger partial charge in [-0.3, -0.25) is 4.79 Å². The number of aryl methyl sites for hydroxylation is 1. The molecule has 0 radical (unpaired) electrons. The largest absolute Gasteiger partial charge is 0.348 e. The average molecular weight is 412 g/mol. The smallest absolute Gasteiger partial charge is 0.254 e. The Morgan fingerprint density at radius 2 is 1.94 bits per heavy atom. The van der Waals surface area contributed by atoms with E-state index in [1.54, 1.807) is 0 Å². The number of nitrogens with zero attached hydrogens (tertiary/aromatic N) is 4. The molecule has 4 heterocycles. The van der Waals surface area contributed by atoms with Crippen LogP contribution in [0.1, 0.15) is 27.3 Å². The summed E-state index contributed by atoms with van der Waals surface area (Å²) >= 11 is 0. The predicted octanol–water partition coefficient (Wildman–Crippen LogP) is 3.75. The van der Waals surface area contributed by atoms with Crippen molar-refractivity contribution in [3.63, 3.8) is 0 Å². The monoisotopic (exact) mass is 412 g/mol. The molecule has 7 heteroatoms. The summed E-state index contributed by atoms with van der Waals surface area (Å²) in [4.78, 5) is 19.5. The lowest BCUT2D eigenvalue weighted by molar-refractivity contribution is 0.0966. The Labute approximate surface area is 180 Å². The van der Waals surface area contributed by atoms with Crippen molar-refractivity contribution >= 4 is 22.9 Å². The van der Waals surface area contributed by atoms with E-state index in [-0.39, 0.29) is 5.91 Å². The van der Waals surface area contributed by atoms with Crippen LogP contribution in [0.3, 0.4) is 0 Å². The van der Waals surface area contributed by atoms with Crippen LogP contribution in [0.25, 0.3) is 16.6 Å². The number of nitrogens with one attached hydrogen (secondary N) is 2. The summed E-state index contributed by atoms with van der Waals surface area (Å²) in [5, 5.41) is 10.9. The fourth-order valence-electron chi connectivity index (χ4n) is 4.16. The van der Waals surface area contributed by atoms with Crippen LogP contribution in [0, 0.1) is 6.92 Å². The number of pyridine rings is 2. The fraction of sp³-hybridized carbons (Fsp3) is 0.208. The summed E-state index contributed by atoms with van der Waals surface area (Å²) < 4.78 is 1.93. The number of carbonyl (C=O) groups is 1. The summed E-state index contributed by atoms with van der Waals surface area (Å²) in [6.45, 7) is 3.28. The first-order chi connectivity index (χ1) is 15.0. The molecule has 4 aromatic rings. The minimum Gasteiger partial charge on any atom is -0.348 e. The lowest BCUT2D eigenvalue weighted by Crippen LogP contribution is -2.14. The molecule has 1 aromatic carbocycles. The number of hydrogen-bond donors (Lipinski definition) is 2. The molecule has 1 aliphatic rings. The molecule has 1 aliphatic heterocycles. The molecule has 3 aromatic heterocycles. The van der Waals surface area contributed by atoms with Crippen molar-refractivity contribution in [3.8, 4) is 11.1 Å². The van der Waals surface area contributed by atoms with Crippen LogP contribution in [-0.4, -0.2) is 39.5 Å². The second-order valence-electron chi connectivity index (χ2n) is 8.10. The van der Waals surface area contributed by atoms with Crippen LogP contribution in [0.15, 0.2) is 54.7 Å². The zero-order chi connectivity index (χ0) is 21.5. The Morgan fingerprint density at radius 1 is 1.10 bits per heavy atom. The van der Waals surface area contributed by atoms with Gasteiger partial charge >= 0.3 is 0 Å². The van der Waals surface area contributed by atoms with Crippen LogP contribution in [0.2, 0.25) is 0 Å². The molecule has 0 bridgehead atoms. The zero-order valence-corrected chi connectivity index (χ0v) is 17.8. The van der Waals surface area contributed by atoms with Gasteiger partial charge in [0.2, 0.25) is 0 Å². The van der Waals surface area contributed by atoms with Crippen LogP contribution < -0.4 is 10.6 Å². The highest BCUT2D eigenvalue weighted by Gasteiger charge is 2.27. The minimum atomic E-state index is -0.0727. The number of carbonyl (C=O) groups excluding carboxylic acids is 1. The van der Waals surface area contributed by atoms with Gasteiger partial charge in [0.15, 0.2) is 0 Å². The van der Waals surface area contributed by atoms with Crippen molar-refractivity contribution in [1.82, 2.24) is 24.8 Å². The molecule has 156 valence electrons. The number of rotatable bonds is 5. The zero-order valence-electron chi connectivity index (χ0n) is 17.8. The molecule has 2 N–H and O–H groups in total. The predicted molar refractivity (Wildman–Crippen MR) is 121 cm³/mol. The highest BCUT2D eigenvalue weighted by atomic mass is 16.1. The van der Waals surface area contributed by atoms with Gasteiger partial charge in [0.1, 0.15) is 5.82 Å². The Balaban J connectivity index is 1.57. The Hall–Kier alpha value is -3.71. The Bertz CT molecular complexity index is 1310. The molecule has 0 saturated heterocycles. The molecular weight excluding hydrogens is 388 g/mol. The van der Waals surface area contributed by atoms with Gasteiger partial charge in [-0.15, -0.1) is 0 Å². The second kappa shape index (κ2) is 7.52. The van der Waals surface area contributed by atoms with Crippen molar-refractivity contribution in [2.45, 2.75) is 20.0 Å². The SMILES string of the molecule is Cc1cccc2c(-c3ccc(Nc4cccc(CN(C)C)n4)c4c3CNC4=O)cnn12. The fourth-order valence-corrected chi connectivity index (χ4v) is 4.16. The molecule has 0 fully saturated rings. The van der Waals surface area contributed by atoms with E-state index in [1.165, 1.54) is 0 Å². The summed E-state index contributed by atoms with van der Waals surface area (Å²) in [6.07, 6.45) is 1.88. The quantitative estimate of drug-likeness (QED) is 0.522. The Morgan fingerprint density at radius 3 is 2.77 bits per heavy atom. The number of benzene rings is 1. The van der Waals surface area contributed by atoms with Crippen LogP contribution in [0.5, 0.6) is 0 Å². The molecule has 0 unspecified atom stereocenters. The number of hydrogen-bond acceptors (Lipinski definition) is 5. The summed E-state index contributed by atoms with van der Waals surface area (Å²) in [5.74, 6) is 0.650. The van der Waals surface area contributed by atoms with E-state index >= 15 is 0 Å². The molecule has 7 nitrogen and oxygen atoms in total. The summed E-state index contributed by atoms with van der Waals surface area (Å²) in [7, 11) is 4.03. The maximum Gasteiger partial charge on any atom is 0.254 e. The maximum atomic E-state index is 12.7. The molecule has 0 aliphatic carbocycles. The van der Waals surface area contributed by atoms with Crippen molar-refractivity contribution < 1.29 is 4.79 Å². The van der Waals surface area contributed by atoms with Gasteiger partial charge in [-0.1, -0.05) is 18.2 Å². The van der Waals surface area contributed by atoms with Crippen LogP contribution in [-0.2, 0) is 13.1 Å². The van der Waals surface area contributed by atoms with Crippen molar-refractivity contribution in [1.29, 1.82) is 0 Å². The molecule has 1 amide bonds. The normalized spacial score (nSPS) is 13.0. The van der Waals surface area contributed by atoms with Gasteiger partial charge in [-0.25, -0.2) is 9.50 Å². The first kappa shape index (κ1) is 19.3. The lowest BCUT2D eigenvalue weighted by Gasteiger charge is -2.14. The topological polar surface area (TPSA) is 74.6 Å². The van der Waals surface area contributed by atoms with E-state index in [0.717, 1.165) is 51.6 Å². The second-order valence-corrected chi connectivity index (χ2v) is 8.10. The minimum absolute atomic E-state index is 0.0727. The van der Waals surface area contributed by atoms with E-state index in [2.05, 4.69) is 37.7 Å². The number of amides is 1. The first-order valence-corrected chi connectivity index (χ1v) is 10.3. The van der Waals surface area contributed by atoms with E-state index in [4.69, 9.17) is 0 Å². The van der Waals surface area contributed by atoms with Gasteiger partial charge in [-0.05, 0) is 62.5 Å². The van der Waals surface area contributed by atoms with E-state index in [0.29, 0.717) is 12.1 Å². The third-order valence-electron chi connectivity index (χ3n) is 5.54. The average Bonchev–Trinajstić information content (AvgIpc) is 3.34. The van der Waals surface area contributed by atoms with Gasteiger partial charge in [0.05, 0.1) is 28.7 Å². The standard InChI is InChI=1S/C24H24N6O/c1-15-6-4-8-21-18(13-26-30(15)21)17-10-11-20(23-19(17)12-25-24(23)31)28-22-9-5-7-16(27-22)14-29(2)3/h4-11,13H,12,14H2,1-3H3,(H,25,31)(H,27,28). The van der Waals surface area contributed by atoms with Crippen LogP contribution in [0.4, 0.5) is 11.5 Å². The van der Waals surface area contributed by atoms with Crippen LogP contribution >= 0.6 is 0 Å². The highest BCUT2D eigenvalue weighted by Crippen LogP contribution is 2.36. The Kier molecular flexibility index (Phi) is 4.67.